The van der Waals surface area contributed by atoms with Crippen molar-refractivity contribution in [3.05, 3.63) is 89.7 Å². The number of nitrogens with one attached hydrogen (secondary N) is 1. The lowest BCUT2D eigenvalue weighted by atomic mass is 10.0. The summed E-state index contributed by atoms with van der Waals surface area (Å²) in [6.07, 6.45) is 2.25. The zero-order chi connectivity index (χ0) is 27.8. The zero-order valence-corrected chi connectivity index (χ0v) is 23.0. The number of carbonyl (C=O) groups excluding carboxylic acids is 1. The van der Waals surface area contributed by atoms with E-state index >= 15 is 0 Å². The Labute approximate surface area is 229 Å². The maximum atomic E-state index is 13.7. The van der Waals surface area contributed by atoms with Gasteiger partial charge < -0.3 is 19.9 Å². The lowest BCUT2D eigenvalue weighted by molar-refractivity contribution is 0.0873. The van der Waals surface area contributed by atoms with Crippen molar-refractivity contribution in [3.63, 3.8) is 0 Å². The molecular weight excluding hydrogens is 518 g/mol. The highest BCUT2D eigenvalue weighted by atomic mass is 32.2. The number of hydrogen-bond donors (Lipinski definition) is 2. The molecule has 2 N–H and O–H groups in total. The summed E-state index contributed by atoms with van der Waals surface area (Å²) in [4.78, 5) is 16.9. The molecule has 39 heavy (non-hydrogen) atoms. The number of sulfonamides is 1. The van der Waals surface area contributed by atoms with Crippen LogP contribution in [0.5, 0.6) is 5.75 Å². The second-order valence-electron chi connectivity index (χ2n) is 10.0. The van der Waals surface area contributed by atoms with Gasteiger partial charge in [-0.2, -0.15) is 4.31 Å². The van der Waals surface area contributed by atoms with E-state index in [0.29, 0.717) is 18.8 Å². The molecule has 0 bridgehead atoms. The summed E-state index contributed by atoms with van der Waals surface area (Å²) in [6.45, 7) is 4.38. The van der Waals surface area contributed by atoms with Gasteiger partial charge in [-0.15, -0.1) is 0 Å². The molecule has 9 nitrogen and oxygen atoms in total. The number of alkyl carbamates (subject to hydrolysis) is 1. The minimum Gasteiger partial charge on any atom is -0.493 e. The van der Waals surface area contributed by atoms with Crippen LogP contribution in [0.25, 0.3) is 0 Å². The summed E-state index contributed by atoms with van der Waals surface area (Å²) in [7, 11) is -3.93. The van der Waals surface area contributed by atoms with Crippen LogP contribution in [0, 0.1) is 5.92 Å². The van der Waals surface area contributed by atoms with Gasteiger partial charge in [-0.05, 0) is 47.7 Å². The first-order valence-electron chi connectivity index (χ1n) is 13.0. The molecular formula is C29H35N3O6S. The number of pyridine rings is 1. The summed E-state index contributed by atoms with van der Waals surface area (Å²) < 4.78 is 39.6. The molecule has 0 saturated carbocycles. The predicted octanol–water partition coefficient (Wildman–Crippen LogP) is 3.56. The van der Waals surface area contributed by atoms with Gasteiger partial charge >= 0.3 is 6.09 Å². The molecule has 1 aliphatic rings. The van der Waals surface area contributed by atoms with Crippen LogP contribution in [0.1, 0.15) is 30.5 Å². The number of aromatic nitrogens is 1. The second-order valence-corrected chi connectivity index (χ2v) is 12.0. The van der Waals surface area contributed by atoms with Crippen molar-refractivity contribution >= 4 is 16.1 Å². The van der Waals surface area contributed by atoms with Gasteiger partial charge in [-0.25, -0.2) is 13.2 Å². The molecule has 3 aromatic rings. The largest absolute Gasteiger partial charge is 0.493 e. The Bertz CT molecular complexity index is 1340. The molecule has 208 valence electrons. The maximum Gasteiger partial charge on any atom is 0.407 e. The molecule has 0 fully saturated rings. The fourth-order valence-corrected chi connectivity index (χ4v) is 6.14. The normalized spacial score (nSPS) is 14.5. The monoisotopic (exact) mass is 553 g/mol. The molecule has 2 atom stereocenters. The topological polar surface area (TPSA) is 118 Å². The number of rotatable bonds is 12. The minimum absolute atomic E-state index is 0.00900. The molecule has 0 aliphatic carbocycles. The third kappa shape index (κ3) is 7.78. The van der Waals surface area contributed by atoms with E-state index in [2.05, 4.69) is 10.3 Å². The standard InChI is InChI=1S/C29H35N3O6S/c1-21(2)18-32(39(35,36)25-10-11-28-24(16-25)12-14-37-28)19-27(33)26(15-22-7-4-3-5-8-22)31-29(34)38-20-23-9-6-13-30-17-23/h3-11,13,16-17,21,26-27,33H,12,14-15,18-20H2,1-2H3,(H,31,34)/t26-,27+/m0/s1. The van der Waals surface area contributed by atoms with Crippen molar-refractivity contribution in [3.8, 4) is 5.75 Å². The van der Waals surface area contributed by atoms with Crippen molar-refractivity contribution in [2.24, 2.45) is 5.92 Å². The van der Waals surface area contributed by atoms with Crippen molar-refractivity contribution in [2.75, 3.05) is 19.7 Å². The Morgan fingerprint density at radius 2 is 1.87 bits per heavy atom. The summed E-state index contributed by atoms with van der Waals surface area (Å²) in [5, 5.41) is 14.1. The maximum absolute atomic E-state index is 13.7. The average Bonchev–Trinajstić information content (AvgIpc) is 3.40. The van der Waals surface area contributed by atoms with Crippen molar-refractivity contribution < 1.29 is 27.8 Å². The number of nitrogens with zero attached hydrogens (tertiary/aromatic N) is 2. The van der Waals surface area contributed by atoms with Crippen LogP contribution in [0.2, 0.25) is 0 Å². The Balaban J connectivity index is 1.52. The number of benzene rings is 2. The van der Waals surface area contributed by atoms with Crippen molar-refractivity contribution in [2.45, 2.75) is 50.3 Å². The molecule has 0 spiro atoms. The molecule has 0 unspecified atom stereocenters. The third-order valence-electron chi connectivity index (χ3n) is 6.42. The van der Waals surface area contributed by atoms with Crippen LogP contribution in [0.3, 0.4) is 0 Å². The van der Waals surface area contributed by atoms with Crippen LogP contribution in [0.15, 0.2) is 78.0 Å². The van der Waals surface area contributed by atoms with E-state index in [0.717, 1.165) is 16.7 Å². The minimum atomic E-state index is -3.93. The van der Waals surface area contributed by atoms with Crippen LogP contribution in [-0.2, 0) is 34.2 Å². The van der Waals surface area contributed by atoms with E-state index in [4.69, 9.17) is 9.47 Å². The van der Waals surface area contributed by atoms with Crippen LogP contribution in [-0.4, -0.2) is 60.7 Å². The van der Waals surface area contributed by atoms with Gasteiger partial charge in [0.2, 0.25) is 10.0 Å². The van der Waals surface area contributed by atoms with E-state index in [1.807, 2.05) is 44.2 Å². The summed E-state index contributed by atoms with van der Waals surface area (Å²) in [5.41, 5.74) is 2.45. The molecule has 1 aromatic heterocycles. The van der Waals surface area contributed by atoms with Gasteiger partial charge in [-0.3, -0.25) is 4.98 Å². The lowest BCUT2D eigenvalue weighted by Gasteiger charge is -2.30. The Kier molecular flexibility index (Phi) is 9.55. The molecule has 0 saturated heterocycles. The van der Waals surface area contributed by atoms with Crippen LogP contribution in [0.4, 0.5) is 4.79 Å². The van der Waals surface area contributed by atoms with E-state index < -0.39 is 28.3 Å². The SMILES string of the molecule is CC(C)CN(C[C@@H](O)[C@H](Cc1ccccc1)NC(=O)OCc1cccnc1)S(=O)(=O)c1ccc2c(c1)CCO2. The van der Waals surface area contributed by atoms with Gasteiger partial charge in [0.25, 0.3) is 0 Å². The number of fused-ring (bicyclic) bond motifs is 1. The van der Waals surface area contributed by atoms with Gasteiger partial charge in [0.1, 0.15) is 12.4 Å². The highest BCUT2D eigenvalue weighted by Crippen LogP contribution is 2.29. The van der Waals surface area contributed by atoms with E-state index in [1.165, 1.54) is 10.4 Å². The Morgan fingerprint density at radius 3 is 2.59 bits per heavy atom. The van der Waals surface area contributed by atoms with E-state index in [1.54, 1.807) is 36.7 Å². The number of aliphatic hydroxyl groups excluding tert-OH is 1. The molecule has 2 heterocycles. The van der Waals surface area contributed by atoms with Gasteiger partial charge in [0.15, 0.2) is 0 Å². The molecule has 10 heteroatoms. The fourth-order valence-electron chi connectivity index (χ4n) is 4.46. The number of ether oxygens (including phenoxy) is 2. The van der Waals surface area contributed by atoms with Crippen molar-refractivity contribution in [1.29, 1.82) is 0 Å². The lowest BCUT2D eigenvalue weighted by Crippen LogP contribution is -2.51. The first-order chi connectivity index (χ1) is 18.7. The summed E-state index contributed by atoms with van der Waals surface area (Å²) in [6, 6.07) is 17.0. The quantitative estimate of drug-likeness (QED) is 0.352. The zero-order valence-electron chi connectivity index (χ0n) is 22.2. The van der Waals surface area contributed by atoms with Crippen LogP contribution >= 0.6 is 0 Å². The number of hydrogen-bond acceptors (Lipinski definition) is 7. The van der Waals surface area contributed by atoms with Gasteiger partial charge in [0.05, 0.1) is 23.6 Å². The van der Waals surface area contributed by atoms with Gasteiger partial charge in [0, 0.05) is 37.5 Å². The fraction of sp³-hybridized carbons (Fsp3) is 0.379. The first kappa shape index (κ1) is 28.5. The summed E-state index contributed by atoms with van der Waals surface area (Å²) >= 11 is 0. The molecule has 0 radical (unpaired) electrons. The van der Waals surface area contributed by atoms with E-state index in [-0.39, 0.29) is 36.9 Å². The molecule has 1 aliphatic heterocycles. The second kappa shape index (κ2) is 13.1. The molecule has 1 amide bonds. The number of amides is 1. The van der Waals surface area contributed by atoms with E-state index in [9.17, 15) is 18.3 Å². The Morgan fingerprint density at radius 1 is 1.10 bits per heavy atom. The third-order valence-corrected chi connectivity index (χ3v) is 8.24. The number of aliphatic hydroxyl groups is 1. The smallest absolute Gasteiger partial charge is 0.407 e. The van der Waals surface area contributed by atoms with Gasteiger partial charge in [-0.1, -0.05) is 50.2 Å². The molecule has 2 aromatic carbocycles. The Hall–Kier alpha value is -3.47. The predicted molar refractivity (Wildman–Crippen MR) is 147 cm³/mol. The first-order valence-corrected chi connectivity index (χ1v) is 14.5. The van der Waals surface area contributed by atoms with Crippen LogP contribution < -0.4 is 10.1 Å². The number of carbonyl (C=O) groups is 1. The average molecular weight is 554 g/mol. The molecule has 4 rings (SSSR count). The highest BCUT2D eigenvalue weighted by Gasteiger charge is 2.32. The van der Waals surface area contributed by atoms with Crippen molar-refractivity contribution in [1.82, 2.24) is 14.6 Å². The summed E-state index contributed by atoms with van der Waals surface area (Å²) in [5.74, 6) is 0.705. The highest BCUT2D eigenvalue weighted by molar-refractivity contribution is 7.89.